The van der Waals surface area contributed by atoms with Crippen LogP contribution in [0, 0.1) is 5.41 Å². The molecule has 94 valence electrons. The van der Waals surface area contributed by atoms with Crippen LogP contribution in [0.4, 0.5) is 0 Å². The van der Waals surface area contributed by atoms with E-state index in [1.807, 2.05) is 12.1 Å². The zero-order chi connectivity index (χ0) is 13.3. The molecule has 1 N–H and O–H groups in total. The topological polar surface area (TPSA) is 71.4 Å². The summed E-state index contributed by atoms with van der Waals surface area (Å²) in [6.45, 7) is 1.37. The average Bonchev–Trinajstić information content (AvgIpc) is 2.62. The van der Waals surface area contributed by atoms with Crippen molar-refractivity contribution in [3.05, 3.63) is 35.4 Å². The van der Waals surface area contributed by atoms with Crippen molar-refractivity contribution >= 4 is 17.5 Å². The van der Waals surface area contributed by atoms with Crippen molar-refractivity contribution in [1.29, 1.82) is 0 Å². The van der Waals surface area contributed by atoms with Gasteiger partial charge in [-0.2, -0.15) is 0 Å². The molecular formula is C14H14O4. The third kappa shape index (κ3) is 1.83. The third-order valence-electron chi connectivity index (χ3n) is 3.63. The van der Waals surface area contributed by atoms with Crippen LogP contribution in [0.1, 0.15) is 35.7 Å². The Morgan fingerprint density at radius 3 is 2.56 bits per heavy atom. The fourth-order valence-electron chi connectivity index (χ4n) is 2.54. The van der Waals surface area contributed by atoms with Crippen LogP contribution in [0.5, 0.6) is 0 Å². The molecule has 0 saturated heterocycles. The Morgan fingerprint density at radius 1 is 1.33 bits per heavy atom. The lowest BCUT2D eigenvalue weighted by molar-refractivity contribution is -0.137. The van der Waals surface area contributed by atoms with Crippen molar-refractivity contribution in [3.63, 3.8) is 0 Å². The standard InChI is InChI=1S/C14H14O4/c1-9(15)14(7-6-12(16)17)8-10-4-2-3-5-11(10)13(14)18/h2-5H,6-8H2,1H3,(H,16,17). The number of ketones is 2. The Morgan fingerprint density at radius 2 is 2.00 bits per heavy atom. The fraction of sp³-hybridized carbons (Fsp3) is 0.357. The minimum atomic E-state index is -1.16. The van der Waals surface area contributed by atoms with E-state index in [2.05, 4.69) is 0 Å². The van der Waals surface area contributed by atoms with Gasteiger partial charge in [0.25, 0.3) is 0 Å². The van der Waals surface area contributed by atoms with Crippen LogP contribution in [0.15, 0.2) is 24.3 Å². The van der Waals surface area contributed by atoms with E-state index < -0.39 is 11.4 Å². The van der Waals surface area contributed by atoms with E-state index in [0.717, 1.165) is 5.56 Å². The number of carboxylic acid groups (broad SMARTS) is 1. The Bertz CT molecular complexity index is 532. The summed E-state index contributed by atoms with van der Waals surface area (Å²) in [5.41, 5.74) is 0.225. The molecule has 1 atom stereocenters. The van der Waals surface area contributed by atoms with Crippen molar-refractivity contribution in [1.82, 2.24) is 0 Å². The summed E-state index contributed by atoms with van der Waals surface area (Å²) in [7, 11) is 0. The number of hydrogen-bond donors (Lipinski definition) is 1. The summed E-state index contributed by atoms with van der Waals surface area (Å²) in [6, 6.07) is 7.09. The van der Waals surface area contributed by atoms with Gasteiger partial charge in [-0.15, -0.1) is 0 Å². The van der Waals surface area contributed by atoms with Gasteiger partial charge in [0.2, 0.25) is 0 Å². The highest BCUT2D eigenvalue weighted by Gasteiger charge is 2.48. The number of carbonyl (C=O) groups is 3. The molecule has 1 aromatic carbocycles. The van der Waals surface area contributed by atoms with E-state index in [-0.39, 0.29) is 24.4 Å². The molecule has 1 unspecified atom stereocenters. The molecule has 0 fully saturated rings. The van der Waals surface area contributed by atoms with Crippen LogP contribution in [-0.4, -0.2) is 22.6 Å². The Labute approximate surface area is 105 Å². The summed E-state index contributed by atoms with van der Waals surface area (Å²) >= 11 is 0. The summed E-state index contributed by atoms with van der Waals surface area (Å²) in [5.74, 6) is -1.46. The number of Topliss-reactive ketones (excluding diaryl/α,β-unsaturated/α-hetero) is 2. The van der Waals surface area contributed by atoms with Crippen molar-refractivity contribution < 1.29 is 19.5 Å². The first-order chi connectivity index (χ1) is 8.47. The number of hydrogen-bond acceptors (Lipinski definition) is 3. The van der Waals surface area contributed by atoms with Crippen molar-refractivity contribution in [2.24, 2.45) is 5.41 Å². The molecule has 0 aromatic heterocycles. The van der Waals surface area contributed by atoms with Crippen LogP contribution in [-0.2, 0) is 16.0 Å². The van der Waals surface area contributed by atoms with Gasteiger partial charge in [-0.3, -0.25) is 14.4 Å². The quantitative estimate of drug-likeness (QED) is 0.823. The molecule has 0 spiro atoms. The normalized spacial score (nSPS) is 21.7. The number of fused-ring (bicyclic) bond motifs is 1. The summed E-state index contributed by atoms with van der Waals surface area (Å²) in [6.07, 6.45) is 0.231. The zero-order valence-corrected chi connectivity index (χ0v) is 10.1. The molecule has 0 bridgehead atoms. The van der Waals surface area contributed by atoms with Crippen LogP contribution in [0.3, 0.4) is 0 Å². The molecule has 0 heterocycles. The van der Waals surface area contributed by atoms with E-state index in [1.54, 1.807) is 12.1 Å². The molecule has 0 aliphatic heterocycles. The second kappa shape index (κ2) is 4.37. The van der Waals surface area contributed by atoms with E-state index in [9.17, 15) is 14.4 Å². The lowest BCUT2D eigenvalue weighted by Crippen LogP contribution is -2.36. The smallest absolute Gasteiger partial charge is 0.303 e. The predicted molar refractivity (Wildman–Crippen MR) is 64.5 cm³/mol. The highest BCUT2D eigenvalue weighted by Crippen LogP contribution is 2.41. The monoisotopic (exact) mass is 246 g/mol. The average molecular weight is 246 g/mol. The molecule has 18 heavy (non-hydrogen) atoms. The van der Waals surface area contributed by atoms with Crippen LogP contribution in [0.25, 0.3) is 0 Å². The van der Waals surface area contributed by atoms with Crippen LogP contribution < -0.4 is 0 Å². The maximum absolute atomic E-state index is 12.4. The first-order valence-electron chi connectivity index (χ1n) is 5.83. The van der Waals surface area contributed by atoms with Gasteiger partial charge in [-0.25, -0.2) is 0 Å². The molecule has 4 heteroatoms. The van der Waals surface area contributed by atoms with Crippen molar-refractivity contribution in [2.45, 2.75) is 26.2 Å². The minimum absolute atomic E-state index is 0.0746. The molecule has 0 radical (unpaired) electrons. The molecule has 1 aliphatic rings. The predicted octanol–water partition coefficient (Wildman–Crippen LogP) is 1.87. The van der Waals surface area contributed by atoms with Gasteiger partial charge in [0.1, 0.15) is 5.78 Å². The molecule has 2 rings (SSSR count). The third-order valence-corrected chi connectivity index (χ3v) is 3.63. The van der Waals surface area contributed by atoms with Crippen LogP contribution in [0.2, 0.25) is 0 Å². The Kier molecular flexibility index (Phi) is 3.03. The molecule has 4 nitrogen and oxygen atoms in total. The van der Waals surface area contributed by atoms with E-state index in [4.69, 9.17) is 5.11 Å². The van der Waals surface area contributed by atoms with E-state index >= 15 is 0 Å². The highest BCUT2D eigenvalue weighted by molar-refractivity contribution is 6.17. The maximum Gasteiger partial charge on any atom is 0.303 e. The molecule has 0 saturated carbocycles. The summed E-state index contributed by atoms with van der Waals surface area (Å²) < 4.78 is 0. The SMILES string of the molecule is CC(=O)C1(CCC(=O)O)Cc2ccccc2C1=O. The molecule has 1 aliphatic carbocycles. The first kappa shape index (κ1) is 12.5. The van der Waals surface area contributed by atoms with Crippen molar-refractivity contribution in [2.75, 3.05) is 0 Å². The number of rotatable bonds is 4. The van der Waals surface area contributed by atoms with Gasteiger partial charge in [0, 0.05) is 12.0 Å². The van der Waals surface area contributed by atoms with E-state index in [0.29, 0.717) is 12.0 Å². The summed E-state index contributed by atoms with van der Waals surface area (Å²) in [5, 5.41) is 8.75. The van der Waals surface area contributed by atoms with Gasteiger partial charge in [0.05, 0.1) is 5.41 Å². The zero-order valence-electron chi connectivity index (χ0n) is 10.1. The van der Waals surface area contributed by atoms with Gasteiger partial charge in [0.15, 0.2) is 5.78 Å². The van der Waals surface area contributed by atoms with E-state index in [1.165, 1.54) is 6.92 Å². The van der Waals surface area contributed by atoms with Crippen molar-refractivity contribution in [3.8, 4) is 0 Å². The van der Waals surface area contributed by atoms with Gasteiger partial charge in [-0.1, -0.05) is 24.3 Å². The lowest BCUT2D eigenvalue weighted by Gasteiger charge is -2.23. The number of benzene rings is 1. The van der Waals surface area contributed by atoms with Crippen LogP contribution >= 0.6 is 0 Å². The van der Waals surface area contributed by atoms with Gasteiger partial charge >= 0.3 is 5.97 Å². The molecule has 1 aromatic rings. The Hall–Kier alpha value is -1.97. The van der Waals surface area contributed by atoms with Gasteiger partial charge < -0.3 is 5.11 Å². The number of carboxylic acids is 1. The summed E-state index contributed by atoms with van der Waals surface area (Å²) in [4.78, 5) is 34.9. The largest absolute Gasteiger partial charge is 0.481 e. The molecule has 0 amide bonds. The highest BCUT2D eigenvalue weighted by atomic mass is 16.4. The molecular weight excluding hydrogens is 232 g/mol. The maximum atomic E-state index is 12.4. The Balaban J connectivity index is 2.38. The first-order valence-corrected chi connectivity index (χ1v) is 5.83. The second-order valence-corrected chi connectivity index (χ2v) is 4.70. The number of aliphatic carboxylic acids is 1. The van der Waals surface area contributed by atoms with Gasteiger partial charge in [-0.05, 0) is 25.3 Å². The fourth-order valence-corrected chi connectivity index (χ4v) is 2.54. The second-order valence-electron chi connectivity index (χ2n) is 4.70. The minimum Gasteiger partial charge on any atom is -0.481 e. The number of carbonyl (C=O) groups excluding carboxylic acids is 2. The lowest BCUT2D eigenvalue weighted by atomic mass is 9.76.